The van der Waals surface area contributed by atoms with Crippen LogP contribution < -0.4 is 10.0 Å². The van der Waals surface area contributed by atoms with E-state index in [9.17, 15) is 13.2 Å². The highest BCUT2D eigenvalue weighted by Crippen LogP contribution is 2.11. The number of sulfonamides is 1. The Balaban J connectivity index is 2.81. The predicted octanol–water partition coefficient (Wildman–Crippen LogP) is 1.32. The van der Waals surface area contributed by atoms with E-state index >= 15 is 0 Å². The molecule has 1 aromatic heterocycles. The van der Waals surface area contributed by atoms with Crippen molar-refractivity contribution in [2.75, 3.05) is 0 Å². The van der Waals surface area contributed by atoms with Gasteiger partial charge < -0.3 is 5.32 Å². The molecule has 0 radical (unpaired) electrons. The van der Waals surface area contributed by atoms with E-state index in [4.69, 9.17) is 11.6 Å². The van der Waals surface area contributed by atoms with Crippen molar-refractivity contribution in [2.45, 2.75) is 44.2 Å². The Kier molecular flexibility index (Phi) is 5.12. The maximum Gasteiger partial charge on any atom is 0.242 e. The van der Waals surface area contributed by atoms with Gasteiger partial charge in [-0.1, -0.05) is 11.6 Å². The Bertz CT molecular complexity index is 579. The number of hydrogen-bond donors (Lipinski definition) is 2. The van der Waals surface area contributed by atoms with Gasteiger partial charge in [0.05, 0.1) is 6.04 Å². The fourth-order valence-electron chi connectivity index (χ4n) is 1.35. The van der Waals surface area contributed by atoms with Crippen LogP contribution in [0.3, 0.4) is 0 Å². The van der Waals surface area contributed by atoms with E-state index in [1.807, 2.05) is 20.8 Å². The molecule has 8 heteroatoms. The first-order valence-electron chi connectivity index (χ1n) is 5.97. The summed E-state index contributed by atoms with van der Waals surface area (Å²) in [4.78, 5) is 15.5. The Labute approximate surface area is 124 Å². The molecule has 1 aromatic rings. The number of carbonyl (C=O) groups excluding carboxylic acids is 1. The molecule has 0 aliphatic heterocycles. The first kappa shape index (κ1) is 16.9. The van der Waals surface area contributed by atoms with E-state index in [1.54, 1.807) is 0 Å². The summed E-state index contributed by atoms with van der Waals surface area (Å²) in [6.45, 7) is 6.92. The molecule has 0 saturated heterocycles. The second-order valence-corrected chi connectivity index (χ2v) is 7.50. The second-order valence-electron chi connectivity index (χ2n) is 5.40. The van der Waals surface area contributed by atoms with Crippen LogP contribution in [0.25, 0.3) is 0 Å². The highest BCUT2D eigenvalue weighted by Gasteiger charge is 2.24. The Hall–Kier alpha value is -1.18. The SMILES string of the molecule is CC(NS(=O)(=O)c1ccc(Cl)nc1)C(=O)NC(C)(C)C. The predicted molar refractivity (Wildman–Crippen MR) is 76.9 cm³/mol. The highest BCUT2D eigenvalue weighted by atomic mass is 35.5. The van der Waals surface area contributed by atoms with Gasteiger partial charge in [0, 0.05) is 11.7 Å². The second kappa shape index (κ2) is 6.07. The molecule has 0 fully saturated rings. The smallest absolute Gasteiger partial charge is 0.242 e. The quantitative estimate of drug-likeness (QED) is 0.819. The van der Waals surface area contributed by atoms with Gasteiger partial charge in [0.25, 0.3) is 0 Å². The minimum atomic E-state index is -3.81. The molecule has 6 nitrogen and oxygen atoms in total. The van der Waals surface area contributed by atoms with Crippen molar-refractivity contribution < 1.29 is 13.2 Å². The summed E-state index contributed by atoms with van der Waals surface area (Å²) >= 11 is 5.60. The van der Waals surface area contributed by atoms with Crippen LogP contribution in [-0.2, 0) is 14.8 Å². The first-order chi connectivity index (χ1) is 9.01. The van der Waals surface area contributed by atoms with Crippen LogP contribution in [0.4, 0.5) is 0 Å². The molecule has 0 aromatic carbocycles. The molecule has 112 valence electrons. The van der Waals surface area contributed by atoms with Crippen LogP contribution in [0.1, 0.15) is 27.7 Å². The van der Waals surface area contributed by atoms with Crippen molar-refractivity contribution in [1.82, 2.24) is 15.0 Å². The average molecular weight is 320 g/mol. The van der Waals surface area contributed by atoms with Crippen molar-refractivity contribution >= 4 is 27.5 Å². The molecule has 1 heterocycles. The Morgan fingerprint density at radius 2 is 1.95 bits per heavy atom. The number of halogens is 1. The fraction of sp³-hybridized carbons (Fsp3) is 0.500. The number of aromatic nitrogens is 1. The Morgan fingerprint density at radius 1 is 1.35 bits per heavy atom. The van der Waals surface area contributed by atoms with Gasteiger partial charge in [-0.2, -0.15) is 4.72 Å². The molecule has 1 rings (SSSR count). The summed E-state index contributed by atoms with van der Waals surface area (Å²) in [7, 11) is -3.81. The van der Waals surface area contributed by atoms with Crippen LogP contribution >= 0.6 is 11.6 Å². The standard InChI is InChI=1S/C12H18ClN3O3S/c1-8(11(17)15-12(2,3)4)16-20(18,19)9-5-6-10(13)14-7-9/h5-8,16H,1-4H3,(H,15,17). The van der Waals surface area contributed by atoms with Crippen LogP contribution in [-0.4, -0.2) is 30.9 Å². The first-order valence-corrected chi connectivity index (χ1v) is 7.83. The number of nitrogens with one attached hydrogen (secondary N) is 2. The summed E-state index contributed by atoms with van der Waals surface area (Å²) in [6, 6.07) is 1.80. The molecule has 1 amide bonds. The molecule has 0 spiro atoms. The third kappa shape index (κ3) is 5.07. The summed E-state index contributed by atoms with van der Waals surface area (Å²) in [5, 5.41) is 2.90. The van der Waals surface area contributed by atoms with Gasteiger partial charge in [0.2, 0.25) is 15.9 Å². The molecule has 2 N–H and O–H groups in total. The summed E-state index contributed by atoms with van der Waals surface area (Å²) in [5.41, 5.74) is -0.432. The van der Waals surface area contributed by atoms with Crippen molar-refractivity contribution in [3.05, 3.63) is 23.5 Å². The lowest BCUT2D eigenvalue weighted by molar-refractivity contribution is -0.123. The van der Waals surface area contributed by atoms with Crippen LogP contribution in [0.5, 0.6) is 0 Å². The number of amides is 1. The third-order valence-electron chi connectivity index (χ3n) is 2.23. The molecule has 0 bridgehead atoms. The average Bonchev–Trinajstić information content (AvgIpc) is 2.26. The van der Waals surface area contributed by atoms with E-state index < -0.39 is 27.5 Å². The van der Waals surface area contributed by atoms with E-state index in [2.05, 4.69) is 15.0 Å². The van der Waals surface area contributed by atoms with Gasteiger partial charge in [-0.05, 0) is 39.8 Å². The lowest BCUT2D eigenvalue weighted by Crippen LogP contribution is -2.50. The van der Waals surface area contributed by atoms with Crippen LogP contribution in [0.15, 0.2) is 23.2 Å². The monoisotopic (exact) mass is 319 g/mol. The lowest BCUT2D eigenvalue weighted by Gasteiger charge is -2.23. The molecule has 0 saturated carbocycles. The van der Waals surface area contributed by atoms with Crippen molar-refractivity contribution in [3.63, 3.8) is 0 Å². The van der Waals surface area contributed by atoms with Crippen LogP contribution in [0.2, 0.25) is 5.15 Å². The molecule has 20 heavy (non-hydrogen) atoms. The topological polar surface area (TPSA) is 88.2 Å². The van der Waals surface area contributed by atoms with E-state index in [0.29, 0.717) is 0 Å². The maximum atomic E-state index is 12.0. The number of nitrogens with zero attached hydrogens (tertiary/aromatic N) is 1. The van der Waals surface area contributed by atoms with Crippen molar-refractivity contribution in [2.24, 2.45) is 0 Å². The number of hydrogen-bond acceptors (Lipinski definition) is 4. The zero-order chi connectivity index (χ0) is 15.6. The summed E-state index contributed by atoms with van der Waals surface area (Å²) in [6.07, 6.45) is 1.14. The third-order valence-corrected chi connectivity index (χ3v) is 3.98. The number of rotatable bonds is 4. The van der Waals surface area contributed by atoms with Gasteiger partial charge in [-0.15, -0.1) is 0 Å². The van der Waals surface area contributed by atoms with Crippen molar-refractivity contribution in [3.8, 4) is 0 Å². The van der Waals surface area contributed by atoms with Gasteiger partial charge in [-0.3, -0.25) is 4.79 Å². The zero-order valence-corrected chi connectivity index (χ0v) is 13.3. The minimum Gasteiger partial charge on any atom is -0.350 e. The molecule has 0 aliphatic carbocycles. The van der Waals surface area contributed by atoms with E-state index in [0.717, 1.165) is 6.20 Å². The lowest BCUT2D eigenvalue weighted by atomic mass is 10.1. The molecule has 1 unspecified atom stereocenters. The largest absolute Gasteiger partial charge is 0.350 e. The maximum absolute atomic E-state index is 12.0. The fourth-order valence-corrected chi connectivity index (χ4v) is 2.61. The minimum absolute atomic E-state index is 0.0442. The Morgan fingerprint density at radius 3 is 2.40 bits per heavy atom. The zero-order valence-electron chi connectivity index (χ0n) is 11.8. The highest BCUT2D eigenvalue weighted by molar-refractivity contribution is 7.89. The molecular formula is C12H18ClN3O3S. The summed E-state index contributed by atoms with van der Waals surface area (Å²) in [5.74, 6) is -0.400. The van der Waals surface area contributed by atoms with E-state index in [-0.39, 0.29) is 10.0 Å². The van der Waals surface area contributed by atoms with Gasteiger partial charge in [0.15, 0.2) is 0 Å². The molecule has 0 aliphatic rings. The van der Waals surface area contributed by atoms with Gasteiger partial charge in [-0.25, -0.2) is 13.4 Å². The van der Waals surface area contributed by atoms with Gasteiger partial charge in [0.1, 0.15) is 10.0 Å². The molecule has 1 atom stereocenters. The summed E-state index contributed by atoms with van der Waals surface area (Å²) < 4.78 is 26.4. The van der Waals surface area contributed by atoms with Gasteiger partial charge >= 0.3 is 0 Å². The molecular weight excluding hydrogens is 302 g/mol. The van der Waals surface area contributed by atoms with Crippen LogP contribution in [0, 0.1) is 0 Å². The number of pyridine rings is 1. The van der Waals surface area contributed by atoms with Crippen molar-refractivity contribution in [1.29, 1.82) is 0 Å². The number of carbonyl (C=O) groups is 1. The normalized spacial score (nSPS) is 13.8. The van der Waals surface area contributed by atoms with E-state index in [1.165, 1.54) is 19.1 Å².